The summed E-state index contributed by atoms with van der Waals surface area (Å²) in [5, 5.41) is 15.7. The summed E-state index contributed by atoms with van der Waals surface area (Å²) < 4.78 is 2.00. The Morgan fingerprint density at radius 2 is 2.04 bits per heavy atom. The Bertz CT molecular complexity index is 767. The van der Waals surface area contributed by atoms with E-state index in [9.17, 15) is 0 Å². The normalized spacial score (nSPS) is 21.4. The number of nitrogens with zero attached hydrogens (tertiary/aromatic N) is 4. The molecule has 28 heavy (non-hydrogen) atoms. The molecule has 3 rings (SSSR count). The van der Waals surface area contributed by atoms with E-state index < -0.39 is 0 Å². The Labute approximate surface area is 168 Å². The summed E-state index contributed by atoms with van der Waals surface area (Å²) >= 11 is 0. The second kappa shape index (κ2) is 9.71. The van der Waals surface area contributed by atoms with E-state index in [0.717, 1.165) is 23.5 Å². The Kier molecular flexibility index (Phi) is 7.06. The predicted octanol–water partition coefficient (Wildman–Crippen LogP) is 3.89. The molecule has 1 aromatic carbocycles. The minimum absolute atomic E-state index is 0.180. The van der Waals surface area contributed by atoms with Crippen molar-refractivity contribution in [3.05, 3.63) is 47.5 Å². The molecule has 0 saturated heterocycles. The third-order valence-corrected chi connectivity index (χ3v) is 5.92. The molecule has 152 valence electrons. The van der Waals surface area contributed by atoms with Crippen molar-refractivity contribution in [1.29, 1.82) is 0 Å². The molecule has 6 nitrogen and oxygen atoms in total. The van der Waals surface area contributed by atoms with Gasteiger partial charge in [0.25, 0.3) is 0 Å². The summed E-state index contributed by atoms with van der Waals surface area (Å²) in [4.78, 5) is 4.85. The average Bonchev–Trinajstić information content (AvgIpc) is 3.05. The molecule has 1 heterocycles. The summed E-state index contributed by atoms with van der Waals surface area (Å²) in [5.41, 5.74) is 1.25. The molecule has 3 unspecified atom stereocenters. The van der Waals surface area contributed by atoms with Crippen LogP contribution in [-0.4, -0.2) is 26.8 Å². The fourth-order valence-electron chi connectivity index (χ4n) is 3.89. The van der Waals surface area contributed by atoms with Gasteiger partial charge in [-0.1, -0.05) is 56.5 Å². The highest BCUT2D eigenvalue weighted by molar-refractivity contribution is 5.80. The van der Waals surface area contributed by atoms with E-state index in [1.807, 2.05) is 24.6 Å². The molecule has 6 heteroatoms. The maximum absolute atomic E-state index is 4.85. The van der Waals surface area contributed by atoms with Crippen LogP contribution in [0.25, 0.3) is 0 Å². The molecule has 3 atom stereocenters. The number of aryl methyl sites for hydroxylation is 1. The molecule has 0 bridgehead atoms. The van der Waals surface area contributed by atoms with Crippen molar-refractivity contribution in [3.63, 3.8) is 0 Å². The lowest BCUT2D eigenvalue weighted by atomic mass is 9.84. The summed E-state index contributed by atoms with van der Waals surface area (Å²) in [6.45, 7) is 6.95. The van der Waals surface area contributed by atoms with Gasteiger partial charge in [0.1, 0.15) is 12.4 Å². The molecule has 2 N–H and O–H groups in total. The molecule has 1 aliphatic carbocycles. The van der Waals surface area contributed by atoms with Gasteiger partial charge in [0, 0.05) is 13.1 Å². The first-order valence-corrected chi connectivity index (χ1v) is 10.5. The van der Waals surface area contributed by atoms with Crippen LogP contribution in [0.3, 0.4) is 0 Å². The van der Waals surface area contributed by atoms with Crippen molar-refractivity contribution in [2.45, 2.75) is 71.5 Å². The van der Waals surface area contributed by atoms with Crippen LogP contribution in [-0.2, 0) is 13.6 Å². The molecule has 1 aliphatic rings. The van der Waals surface area contributed by atoms with Gasteiger partial charge in [-0.2, -0.15) is 0 Å². The van der Waals surface area contributed by atoms with Gasteiger partial charge < -0.3 is 15.2 Å². The lowest BCUT2D eigenvalue weighted by Crippen LogP contribution is -2.46. The number of aliphatic imine (C=N–C) groups is 1. The van der Waals surface area contributed by atoms with Crippen LogP contribution >= 0.6 is 0 Å². The summed E-state index contributed by atoms with van der Waals surface area (Å²) in [7, 11) is 1.99. The van der Waals surface area contributed by atoms with E-state index in [1.54, 1.807) is 0 Å². The highest BCUT2D eigenvalue weighted by Gasteiger charge is 2.22. The van der Waals surface area contributed by atoms with E-state index >= 15 is 0 Å². The minimum atomic E-state index is 0.180. The number of hydrogen-bond donors (Lipinski definition) is 2. The number of benzene rings is 1. The quantitative estimate of drug-likeness (QED) is 0.587. The Morgan fingerprint density at radius 3 is 2.71 bits per heavy atom. The molecule has 0 amide bonds. The minimum Gasteiger partial charge on any atom is -0.354 e. The SMILES string of the molecule is CCC1CCCC(NC(=NCc2nnc(C)n2C)NC(C)c2ccccc2)C1. The van der Waals surface area contributed by atoms with Crippen LogP contribution in [0.15, 0.2) is 35.3 Å². The zero-order chi connectivity index (χ0) is 19.9. The molecule has 0 radical (unpaired) electrons. The third kappa shape index (κ3) is 5.33. The van der Waals surface area contributed by atoms with Crippen molar-refractivity contribution < 1.29 is 0 Å². The molecule has 1 aromatic heterocycles. The highest BCUT2D eigenvalue weighted by atomic mass is 15.3. The summed E-state index contributed by atoms with van der Waals surface area (Å²) in [5.74, 6) is 3.46. The van der Waals surface area contributed by atoms with E-state index in [2.05, 4.69) is 58.9 Å². The van der Waals surface area contributed by atoms with Crippen LogP contribution in [0.1, 0.15) is 69.2 Å². The smallest absolute Gasteiger partial charge is 0.192 e. The number of guanidine groups is 1. The summed E-state index contributed by atoms with van der Waals surface area (Å²) in [6.07, 6.45) is 6.34. The average molecular weight is 383 g/mol. The lowest BCUT2D eigenvalue weighted by Gasteiger charge is -2.31. The third-order valence-electron chi connectivity index (χ3n) is 5.92. The van der Waals surface area contributed by atoms with E-state index in [4.69, 9.17) is 4.99 Å². The summed E-state index contributed by atoms with van der Waals surface area (Å²) in [6, 6.07) is 11.2. The molecular weight excluding hydrogens is 348 g/mol. The lowest BCUT2D eigenvalue weighted by molar-refractivity contribution is 0.298. The van der Waals surface area contributed by atoms with Gasteiger partial charge in [0.05, 0.1) is 6.04 Å². The van der Waals surface area contributed by atoms with Gasteiger partial charge in [-0.3, -0.25) is 0 Å². The first kappa shape index (κ1) is 20.4. The van der Waals surface area contributed by atoms with Gasteiger partial charge >= 0.3 is 0 Å². The van der Waals surface area contributed by atoms with Crippen molar-refractivity contribution in [2.75, 3.05) is 0 Å². The predicted molar refractivity (Wildman–Crippen MR) is 114 cm³/mol. The largest absolute Gasteiger partial charge is 0.354 e. The van der Waals surface area contributed by atoms with Crippen molar-refractivity contribution in [2.24, 2.45) is 18.0 Å². The second-order valence-corrected chi connectivity index (χ2v) is 7.95. The van der Waals surface area contributed by atoms with Crippen molar-refractivity contribution in [3.8, 4) is 0 Å². The molecule has 2 aromatic rings. The van der Waals surface area contributed by atoms with Gasteiger partial charge in [-0.15, -0.1) is 10.2 Å². The molecule has 0 spiro atoms. The topological polar surface area (TPSA) is 67.1 Å². The zero-order valence-corrected chi connectivity index (χ0v) is 17.7. The first-order chi connectivity index (χ1) is 13.6. The number of nitrogens with one attached hydrogen (secondary N) is 2. The van der Waals surface area contributed by atoms with E-state index in [0.29, 0.717) is 12.6 Å². The fraction of sp³-hybridized carbons (Fsp3) is 0.591. The van der Waals surface area contributed by atoms with Gasteiger partial charge in [-0.25, -0.2) is 4.99 Å². The van der Waals surface area contributed by atoms with E-state index in [-0.39, 0.29) is 6.04 Å². The van der Waals surface area contributed by atoms with Crippen molar-refractivity contribution in [1.82, 2.24) is 25.4 Å². The van der Waals surface area contributed by atoms with E-state index in [1.165, 1.54) is 37.7 Å². The zero-order valence-electron chi connectivity index (χ0n) is 17.7. The Hall–Kier alpha value is -2.37. The van der Waals surface area contributed by atoms with Crippen LogP contribution in [0, 0.1) is 12.8 Å². The van der Waals surface area contributed by atoms with Gasteiger partial charge in [0.15, 0.2) is 11.8 Å². The van der Waals surface area contributed by atoms with Crippen LogP contribution in [0.4, 0.5) is 0 Å². The fourth-order valence-corrected chi connectivity index (χ4v) is 3.89. The number of hydrogen-bond acceptors (Lipinski definition) is 3. The van der Waals surface area contributed by atoms with Crippen LogP contribution < -0.4 is 10.6 Å². The second-order valence-electron chi connectivity index (χ2n) is 7.95. The van der Waals surface area contributed by atoms with Crippen molar-refractivity contribution >= 4 is 5.96 Å². The maximum Gasteiger partial charge on any atom is 0.192 e. The molecular formula is C22H34N6. The Morgan fingerprint density at radius 1 is 1.25 bits per heavy atom. The monoisotopic (exact) mass is 382 g/mol. The number of rotatable bonds is 6. The first-order valence-electron chi connectivity index (χ1n) is 10.5. The van der Waals surface area contributed by atoms with Gasteiger partial charge in [-0.05, 0) is 38.2 Å². The van der Waals surface area contributed by atoms with Crippen LogP contribution in [0.5, 0.6) is 0 Å². The standard InChI is InChI=1S/C22H34N6/c1-5-18-10-9-13-20(14-18)25-22(23-15-21-27-26-17(3)28(21)4)24-16(2)19-11-7-6-8-12-19/h6-8,11-12,16,18,20H,5,9-10,13-15H2,1-4H3,(H2,23,24,25). The van der Waals surface area contributed by atoms with Gasteiger partial charge in [0.2, 0.25) is 0 Å². The maximum atomic E-state index is 4.85. The molecule has 1 saturated carbocycles. The highest BCUT2D eigenvalue weighted by Crippen LogP contribution is 2.26. The molecule has 0 aliphatic heterocycles. The van der Waals surface area contributed by atoms with Crippen LogP contribution in [0.2, 0.25) is 0 Å². The number of aromatic nitrogens is 3. The molecule has 1 fully saturated rings. The Balaban J connectivity index is 1.72.